The number of nitrogens with one attached hydrogen (secondary N) is 2. The largest absolute Gasteiger partial charge is 0.356 e. The Morgan fingerprint density at radius 2 is 2.26 bits per heavy atom. The molecule has 0 radical (unpaired) electrons. The van der Waals surface area contributed by atoms with Crippen molar-refractivity contribution in [2.45, 2.75) is 32.1 Å². The average Bonchev–Trinajstić information content (AvgIpc) is 3.22. The summed E-state index contributed by atoms with van der Waals surface area (Å²) in [6, 6.07) is 4.13. The van der Waals surface area contributed by atoms with Crippen LogP contribution in [0.4, 0.5) is 8.78 Å². The summed E-state index contributed by atoms with van der Waals surface area (Å²) in [5.74, 6) is -2.22. The molecular weight excluding hydrogens is 300 g/mol. The molecule has 4 nitrogen and oxygen atoms in total. The molecule has 3 rings (SSSR count). The van der Waals surface area contributed by atoms with E-state index >= 15 is 0 Å². The van der Waals surface area contributed by atoms with E-state index in [0.717, 1.165) is 30.2 Å². The number of hydrogen-bond acceptors (Lipinski definition) is 2. The maximum Gasteiger partial charge on any atom is 0.223 e. The van der Waals surface area contributed by atoms with Gasteiger partial charge in [-0.05, 0) is 49.3 Å². The first kappa shape index (κ1) is 15.6. The number of H-pyrrole nitrogens is 1. The van der Waals surface area contributed by atoms with Gasteiger partial charge in [0.2, 0.25) is 5.91 Å². The molecule has 2 aromatic rings. The first-order valence-corrected chi connectivity index (χ1v) is 7.78. The lowest BCUT2D eigenvalue weighted by molar-refractivity contribution is -0.122. The van der Waals surface area contributed by atoms with Gasteiger partial charge in [0.15, 0.2) is 11.6 Å². The molecule has 1 fully saturated rings. The SMILES string of the molecule is Cc1[nH]ncc1CCCNC(=O)[C@@H]1C[C@H]1c1cccc(F)c1F. The topological polar surface area (TPSA) is 57.8 Å². The van der Waals surface area contributed by atoms with Crippen molar-refractivity contribution in [2.75, 3.05) is 6.54 Å². The number of rotatable bonds is 6. The van der Waals surface area contributed by atoms with E-state index in [1.807, 2.05) is 6.92 Å². The summed E-state index contributed by atoms with van der Waals surface area (Å²) in [5, 5.41) is 9.71. The number of carbonyl (C=O) groups excluding carboxylic acids is 1. The third-order valence-corrected chi connectivity index (χ3v) is 4.36. The summed E-state index contributed by atoms with van der Waals surface area (Å²) in [6.45, 7) is 2.53. The van der Waals surface area contributed by atoms with Gasteiger partial charge in [0.1, 0.15) is 0 Å². The summed E-state index contributed by atoms with van der Waals surface area (Å²) in [7, 11) is 0. The Morgan fingerprint density at radius 1 is 1.43 bits per heavy atom. The van der Waals surface area contributed by atoms with Gasteiger partial charge in [0.25, 0.3) is 0 Å². The Hall–Kier alpha value is -2.24. The van der Waals surface area contributed by atoms with Gasteiger partial charge >= 0.3 is 0 Å². The number of aromatic amines is 1. The zero-order valence-corrected chi connectivity index (χ0v) is 12.9. The predicted molar refractivity (Wildman–Crippen MR) is 81.9 cm³/mol. The minimum absolute atomic E-state index is 0.0809. The van der Waals surface area contributed by atoms with E-state index in [1.54, 1.807) is 12.3 Å². The lowest BCUT2D eigenvalue weighted by Gasteiger charge is -2.06. The van der Waals surface area contributed by atoms with Gasteiger partial charge in [0.05, 0.1) is 6.20 Å². The molecule has 1 aromatic carbocycles. The third-order valence-electron chi connectivity index (χ3n) is 4.36. The van der Waals surface area contributed by atoms with Crippen molar-refractivity contribution in [3.8, 4) is 0 Å². The van der Waals surface area contributed by atoms with Crippen LogP contribution in [-0.4, -0.2) is 22.6 Å². The van der Waals surface area contributed by atoms with Crippen molar-refractivity contribution in [1.29, 1.82) is 0 Å². The molecule has 0 bridgehead atoms. The molecule has 0 aliphatic heterocycles. The van der Waals surface area contributed by atoms with E-state index < -0.39 is 11.6 Å². The first-order chi connectivity index (χ1) is 11.1. The zero-order chi connectivity index (χ0) is 16.4. The molecule has 122 valence electrons. The number of hydrogen-bond donors (Lipinski definition) is 2. The van der Waals surface area contributed by atoms with Crippen molar-refractivity contribution in [3.05, 3.63) is 52.9 Å². The van der Waals surface area contributed by atoms with Gasteiger partial charge in [-0.2, -0.15) is 5.10 Å². The Kier molecular flexibility index (Phi) is 4.41. The molecule has 1 amide bonds. The van der Waals surface area contributed by atoms with Crippen LogP contribution in [0.2, 0.25) is 0 Å². The predicted octanol–water partition coefficient (Wildman–Crippen LogP) is 2.85. The smallest absolute Gasteiger partial charge is 0.223 e. The lowest BCUT2D eigenvalue weighted by atomic mass is 10.1. The molecule has 2 atom stereocenters. The molecule has 1 aromatic heterocycles. The van der Waals surface area contributed by atoms with Gasteiger partial charge in [-0.3, -0.25) is 9.89 Å². The highest BCUT2D eigenvalue weighted by molar-refractivity contribution is 5.82. The summed E-state index contributed by atoms with van der Waals surface area (Å²) in [6.07, 6.45) is 4.03. The van der Waals surface area contributed by atoms with Crippen LogP contribution in [0, 0.1) is 24.5 Å². The molecule has 2 N–H and O–H groups in total. The highest BCUT2D eigenvalue weighted by atomic mass is 19.2. The second-order valence-electron chi connectivity index (χ2n) is 6.01. The summed E-state index contributed by atoms with van der Waals surface area (Å²) in [5.41, 5.74) is 2.49. The molecule has 1 saturated carbocycles. The van der Waals surface area contributed by atoms with Crippen molar-refractivity contribution in [3.63, 3.8) is 0 Å². The van der Waals surface area contributed by atoms with E-state index in [0.29, 0.717) is 18.5 Å². The molecular formula is C17H19F2N3O. The van der Waals surface area contributed by atoms with E-state index in [1.165, 1.54) is 6.07 Å². The van der Waals surface area contributed by atoms with Gasteiger partial charge in [-0.1, -0.05) is 12.1 Å². The van der Waals surface area contributed by atoms with Crippen LogP contribution < -0.4 is 5.32 Å². The van der Waals surface area contributed by atoms with E-state index in [-0.39, 0.29) is 17.7 Å². The first-order valence-electron chi connectivity index (χ1n) is 7.78. The monoisotopic (exact) mass is 319 g/mol. The molecule has 0 saturated heterocycles. The fourth-order valence-corrected chi connectivity index (χ4v) is 2.88. The minimum atomic E-state index is -0.857. The molecule has 1 aliphatic rings. The fourth-order valence-electron chi connectivity index (χ4n) is 2.88. The quantitative estimate of drug-likeness (QED) is 0.805. The fraction of sp³-hybridized carbons (Fsp3) is 0.412. The zero-order valence-electron chi connectivity index (χ0n) is 12.9. The standard InChI is InChI=1S/C17H19F2N3O/c1-10-11(9-21-22-10)4-3-7-20-17(23)14-8-13(14)12-5-2-6-15(18)16(12)19/h2,5-6,9,13-14H,3-4,7-8H2,1H3,(H,20,23)(H,21,22)/t13-,14+/m0/s1. The van der Waals surface area contributed by atoms with Crippen molar-refractivity contribution >= 4 is 5.91 Å². The number of aromatic nitrogens is 2. The molecule has 6 heteroatoms. The number of carbonyl (C=O) groups is 1. The minimum Gasteiger partial charge on any atom is -0.356 e. The molecule has 0 spiro atoms. The highest BCUT2D eigenvalue weighted by Gasteiger charge is 2.45. The van der Waals surface area contributed by atoms with Gasteiger partial charge in [-0.15, -0.1) is 0 Å². The number of halogens is 2. The van der Waals surface area contributed by atoms with Gasteiger partial charge < -0.3 is 5.32 Å². The summed E-state index contributed by atoms with van der Waals surface area (Å²) >= 11 is 0. The van der Waals surface area contributed by atoms with Gasteiger partial charge in [0, 0.05) is 18.2 Å². The third kappa shape index (κ3) is 3.41. The van der Waals surface area contributed by atoms with E-state index in [2.05, 4.69) is 15.5 Å². The summed E-state index contributed by atoms with van der Waals surface area (Å²) < 4.78 is 26.9. The van der Waals surface area contributed by atoms with Crippen LogP contribution in [0.25, 0.3) is 0 Å². The number of aryl methyl sites for hydroxylation is 2. The van der Waals surface area contributed by atoms with E-state index in [4.69, 9.17) is 0 Å². The van der Waals surface area contributed by atoms with Crippen LogP contribution in [0.1, 0.15) is 35.6 Å². The van der Waals surface area contributed by atoms with Crippen LogP contribution in [0.5, 0.6) is 0 Å². The van der Waals surface area contributed by atoms with Crippen molar-refractivity contribution in [2.24, 2.45) is 5.92 Å². The average molecular weight is 319 g/mol. The number of amides is 1. The van der Waals surface area contributed by atoms with Crippen LogP contribution in [0.3, 0.4) is 0 Å². The van der Waals surface area contributed by atoms with E-state index in [9.17, 15) is 13.6 Å². The normalized spacial score (nSPS) is 19.6. The Morgan fingerprint density at radius 3 is 3.00 bits per heavy atom. The maximum absolute atomic E-state index is 13.7. The number of benzene rings is 1. The number of nitrogens with zero attached hydrogens (tertiary/aromatic N) is 1. The van der Waals surface area contributed by atoms with Crippen LogP contribution >= 0.6 is 0 Å². The molecule has 0 unspecified atom stereocenters. The maximum atomic E-state index is 13.7. The second kappa shape index (κ2) is 6.48. The van der Waals surface area contributed by atoms with Gasteiger partial charge in [-0.25, -0.2) is 8.78 Å². The molecule has 1 heterocycles. The Bertz CT molecular complexity index is 714. The Balaban J connectivity index is 1.45. The highest BCUT2D eigenvalue weighted by Crippen LogP contribution is 2.48. The molecule has 1 aliphatic carbocycles. The van der Waals surface area contributed by atoms with Crippen molar-refractivity contribution < 1.29 is 13.6 Å². The Labute approximate surface area is 133 Å². The lowest BCUT2D eigenvalue weighted by Crippen LogP contribution is -2.26. The summed E-state index contributed by atoms with van der Waals surface area (Å²) in [4.78, 5) is 12.1. The van der Waals surface area contributed by atoms with Crippen LogP contribution in [-0.2, 0) is 11.2 Å². The van der Waals surface area contributed by atoms with Crippen LogP contribution in [0.15, 0.2) is 24.4 Å². The molecule has 23 heavy (non-hydrogen) atoms. The van der Waals surface area contributed by atoms with Crippen molar-refractivity contribution in [1.82, 2.24) is 15.5 Å². The second-order valence-corrected chi connectivity index (χ2v) is 6.01.